The van der Waals surface area contributed by atoms with Crippen molar-refractivity contribution in [1.82, 2.24) is 14.3 Å². The maximum Gasteiger partial charge on any atom is 0.267 e. The number of fused-ring (bicyclic) bond motifs is 1. The van der Waals surface area contributed by atoms with Gasteiger partial charge in [0.2, 0.25) is 0 Å². The van der Waals surface area contributed by atoms with Crippen molar-refractivity contribution >= 4 is 51.7 Å². The maximum atomic E-state index is 13.6. The molecule has 4 heterocycles. The van der Waals surface area contributed by atoms with Crippen LogP contribution in [0.15, 0.2) is 34.1 Å². The highest BCUT2D eigenvalue weighted by molar-refractivity contribution is 8.26. The first-order valence-electron chi connectivity index (χ1n) is 12.4. The van der Waals surface area contributed by atoms with Gasteiger partial charge in [-0.3, -0.25) is 18.9 Å². The molecule has 0 N–H and O–H groups in total. The third-order valence-corrected chi connectivity index (χ3v) is 7.93. The Balaban J connectivity index is 1.68. The van der Waals surface area contributed by atoms with Gasteiger partial charge in [-0.2, -0.15) is 0 Å². The van der Waals surface area contributed by atoms with Crippen LogP contribution in [0.25, 0.3) is 11.7 Å². The highest BCUT2D eigenvalue weighted by Gasteiger charge is 2.33. The van der Waals surface area contributed by atoms with Crippen LogP contribution in [0, 0.1) is 11.8 Å². The topological polar surface area (TPSA) is 57.9 Å². The monoisotopic (exact) mass is 498 g/mol. The van der Waals surface area contributed by atoms with E-state index in [1.54, 1.807) is 21.6 Å². The zero-order valence-corrected chi connectivity index (χ0v) is 22.0. The van der Waals surface area contributed by atoms with Crippen molar-refractivity contribution in [2.75, 3.05) is 24.5 Å². The first kappa shape index (κ1) is 24.9. The maximum absolute atomic E-state index is 13.6. The van der Waals surface area contributed by atoms with Crippen molar-refractivity contribution < 1.29 is 4.79 Å². The molecule has 2 saturated heterocycles. The van der Waals surface area contributed by atoms with Gasteiger partial charge in [0, 0.05) is 25.8 Å². The number of hydrogen-bond donors (Lipinski definition) is 0. The summed E-state index contributed by atoms with van der Waals surface area (Å²) in [5.74, 6) is 1.59. The molecule has 4 rings (SSSR count). The SMILES string of the molecule is CCCCCCCN1C(=O)/C(=C/c2c(N3CC(C)CC(C)C3)nc3ccccn3c2=O)SC1=S. The van der Waals surface area contributed by atoms with Gasteiger partial charge < -0.3 is 4.90 Å². The molecule has 0 bridgehead atoms. The van der Waals surface area contributed by atoms with Gasteiger partial charge >= 0.3 is 0 Å². The Kier molecular flexibility index (Phi) is 8.09. The Hall–Kier alpha value is -2.19. The molecule has 1 amide bonds. The second-order valence-electron chi connectivity index (χ2n) is 9.68. The van der Waals surface area contributed by atoms with E-state index in [4.69, 9.17) is 17.2 Å². The molecular formula is C26H34N4O2S2. The molecule has 6 nitrogen and oxygen atoms in total. The lowest BCUT2D eigenvalue weighted by Gasteiger charge is -2.36. The minimum Gasteiger partial charge on any atom is -0.355 e. The summed E-state index contributed by atoms with van der Waals surface area (Å²) < 4.78 is 2.13. The zero-order chi connectivity index (χ0) is 24.2. The molecule has 2 aromatic rings. The van der Waals surface area contributed by atoms with Crippen molar-refractivity contribution in [1.29, 1.82) is 0 Å². The fourth-order valence-corrected chi connectivity index (χ4v) is 6.28. The van der Waals surface area contributed by atoms with Gasteiger partial charge in [0.1, 0.15) is 15.8 Å². The van der Waals surface area contributed by atoms with E-state index in [0.29, 0.717) is 44.6 Å². The lowest BCUT2D eigenvalue weighted by atomic mass is 9.91. The van der Waals surface area contributed by atoms with Gasteiger partial charge in [-0.05, 0) is 42.9 Å². The Bertz CT molecular complexity index is 1150. The number of carbonyl (C=O) groups excluding carboxylic acids is 1. The smallest absolute Gasteiger partial charge is 0.267 e. The number of thioether (sulfide) groups is 1. The van der Waals surface area contributed by atoms with E-state index < -0.39 is 0 Å². The molecular weight excluding hydrogens is 464 g/mol. The molecule has 34 heavy (non-hydrogen) atoms. The molecule has 182 valence electrons. The molecule has 0 saturated carbocycles. The molecule has 2 aliphatic heterocycles. The number of nitrogens with zero attached hydrogens (tertiary/aromatic N) is 4. The number of rotatable bonds is 8. The summed E-state index contributed by atoms with van der Waals surface area (Å²) in [5, 5.41) is 0. The Morgan fingerprint density at radius 2 is 1.85 bits per heavy atom. The standard InChI is InChI=1S/C26H34N4O2S2/c1-4-5-6-7-9-13-30-25(32)21(34-26(30)33)15-20-23(28-16-18(2)14-19(3)17-28)27-22-11-8-10-12-29(22)24(20)31/h8,10-12,15,18-19H,4-7,9,13-14,16-17H2,1-3H3/b21-15-. The number of piperidine rings is 1. The second kappa shape index (κ2) is 11.0. The summed E-state index contributed by atoms with van der Waals surface area (Å²) in [6.45, 7) is 8.99. The van der Waals surface area contributed by atoms with Crippen LogP contribution < -0.4 is 10.5 Å². The Labute approximate surface area is 211 Å². The van der Waals surface area contributed by atoms with Gasteiger partial charge in [0.25, 0.3) is 11.5 Å². The normalized spacial score (nSPS) is 22.4. The van der Waals surface area contributed by atoms with Crippen molar-refractivity contribution in [3.05, 3.63) is 45.2 Å². The lowest BCUT2D eigenvalue weighted by molar-refractivity contribution is -0.122. The molecule has 8 heteroatoms. The summed E-state index contributed by atoms with van der Waals surface area (Å²) >= 11 is 6.82. The van der Waals surface area contributed by atoms with Crippen molar-refractivity contribution in [3.8, 4) is 0 Å². The van der Waals surface area contributed by atoms with Crippen LogP contribution >= 0.6 is 24.0 Å². The average molecular weight is 499 g/mol. The van der Waals surface area contributed by atoms with E-state index in [0.717, 1.165) is 32.4 Å². The third kappa shape index (κ3) is 5.38. The van der Waals surface area contributed by atoms with E-state index in [1.807, 2.05) is 18.2 Å². The number of thiocarbonyl (C=S) groups is 1. The van der Waals surface area contributed by atoms with E-state index in [-0.39, 0.29) is 11.5 Å². The molecule has 0 radical (unpaired) electrons. The number of unbranched alkanes of at least 4 members (excludes halogenated alkanes) is 4. The van der Waals surface area contributed by atoms with Crippen LogP contribution in [0.2, 0.25) is 0 Å². The summed E-state index contributed by atoms with van der Waals surface area (Å²) in [7, 11) is 0. The van der Waals surface area contributed by atoms with Crippen molar-refractivity contribution in [2.45, 2.75) is 59.3 Å². The largest absolute Gasteiger partial charge is 0.355 e. The fourth-order valence-electron chi connectivity index (χ4n) is 4.99. The first-order valence-corrected chi connectivity index (χ1v) is 13.6. The molecule has 2 atom stereocenters. The molecule has 2 fully saturated rings. The van der Waals surface area contributed by atoms with Gasteiger partial charge in [0.15, 0.2) is 0 Å². The highest BCUT2D eigenvalue weighted by Crippen LogP contribution is 2.34. The first-order chi connectivity index (χ1) is 16.4. The number of hydrogen-bond acceptors (Lipinski definition) is 6. The summed E-state index contributed by atoms with van der Waals surface area (Å²) in [6, 6.07) is 5.56. The van der Waals surface area contributed by atoms with Crippen LogP contribution in [-0.2, 0) is 4.79 Å². The predicted octanol–water partition coefficient (Wildman–Crippen LogP) is 5.35. The minimum absolute atomic E-state index is 0.102. The van der Waals surface area contributed by atoms with Gasteiger partial charge in [-0.25, -0.2) is 4.98 Å². The molecule has 2 aromatic heterocycles. The Morgan fingerprint density at radius 3 is 2.59 bits per heavy atom. The van der Waals surface area contributed by atoms with Crippen LogP contribution in [0.3, 0.4) is 0 Å². The third-order valence-electron chi connectivity index (χ3n) is 6.55. The number of amides is 1. The summed E-state index contributed by atoms with van der Waals surface area (Å²) in [6.07, 6.45) is 10.2. The molecule has 2 unspecified atom stereocenters. The minimum atomic E-state index is -0.156. The number of carbonyl (C=O) groups is 1. The summed E-state index contributed by atoms with van der Waals surface area (Å²) in [5.41, 5.74) is 0.926. The van der Waals surface area contributed by atoms with Crippen LogP contribution in [0.1, 0.15) is 64.9 Å². The van der Waals surface area contributed by atoms with Gasteiger partial charge in [-0.15, -0.1) is 0 Å². The van der Waals surface area contributed by atoms with Crippen LogP contribution in [-0.4, -0.2) is 44.1 Å². The van der Waals surface area contributed by atoms with Crippen LogP contribution in [0.5, 0.6) is 0 Å². The van der Waals surface area contributed by atoms with E-state index in [1.165, 1.54) is 31.0 Å². The van der Waals surface area contributed by atoms with Crippen molar-refractivity contribution in [2.24, 2.45) is 11.8 Å². The van der Waals surface area contributed by atoms with Gasteiger partial charge in [-0.1, -0.05) is 76.5 Å². The van der Waals surface area contributed by atoms with E-state index in [9.17, 15) is 9.59 Å². The molecule has 0 aromatic carbocycles. The average Bonchev–Trinajstić information content (AvgIpc) is 3.07. The lowest BCUT2D eigenvalue weighted by Crippen LogP contribution is -2.40. The van der Waals surface area contributed by atoms with E-state index in [2.05, 4.69) is 25.7 Å². The highest BCUT2D eigenvalue weighted by atomic mass is 32.2. The van der Waals surface area contributed by atoms with Crippen molar-refractivity contribution in [3.63, 3.8) is 0 Å². The fraction of sp³-hybridized carbons (Fsp3) is 0.538. The predicted molar refractivity (Wildman–Crippen MR) is 145 cm³/mol. The van der Waals surface area contributed by atoms with E-state index >= 15 is 0 Å². The molecule has 2 aliphatic rings. The number of anilines is 1. The number of pyridine rings is 1. The van der Waals surface area contributed by atoms with Gasteiger partial charge in [0.05, 0.1) is 10.5 Å². The molecule has 0 aliphatic carbocycles. The summed E-state index contributed by atoms with van der Waals surface area (Å²) in [4.78, 5) is 36.1. The zero-order valence-electron chi connectivity index (χ0n) is 20.3. The molecule has 0 spiro atoms. The Morgan fingerprint density at radius 1 is 1.12 bits per heavy atom. The quantitative estimate of drug-likeness (QED) is 0.278. The van der Waals surface area contributed by atoms with Crippen LogP contribution in [0.4, 0.5) is 5.82 Å². The second-order valence-corrected chi connectivity index (χ2v) is 11.4. The number of aromatic nitrogens is 2.